The van der Waals surface area contributed by atoms with Gasteiger partial charge in [0, 0.05) is 18.9 Å². The molecule has 0 aliphatic carbocycles. The van der Waals surface area contributed by atoms with Gasteiger partial charge in [0.15, 0.2) is 0 Å². The van der Waals surface area contributed by atoms with Crippen LogP contribution in [0.25, 0.3) is 0 Å². The van der Waals surface area contributed by atoms with Gasteiger partial charge < -0.3 is 5.73 Å². The van der Waals surface area contributed by atoms with E-state index in [1.807, 2.05) is 0 Å². The van der Waals surface area contributed by atoms with Gasteiger partial charge in [0.25, 0.3) is 0 Å². The Bertz CT molecular complexity index is 692. The molecule has 2 rings (SSSR count). The molecule has 0 saturated heterocycles. The van der Waals surface area contributed by atoms with Crippen LogP contribution in [-0.4, -0.2) is 18.2 Å². The van der Waals surface area contributed by atoms with Gasteiger partial charge >= 0.3 is 0 Å². The number of nitrogens with two attached hydrogens (primary N) is 1. The summed E-state index contributed by atoms with van der Waals surface area (Å²) in [5.41, 5.74) is 7.50. The first kappa shape index (κ1) is 13.6. The van der Waals surface area contributed by atoms with Gasteiger partial charge in [-0.3, -0.25) is 4.68 Å². The molecule has 2 aromatic rings. The predicted octanol–water partition coefficient (Wildman–Crippen LogP) is 0.789. The lowest BCUT2D eigenvalue weighted by molar-refractivity contribution is 0.576. The van der Waals surface area contributed by atoms with Gasteiger partial charge in [-0.15, -0.1) is 0 Å². The first-order chi connectivity index (χ1) is 8.90. The Morgan fingerprint density at radius 3 is 2.74 bits per heavy atom. The van der Waals surface area contributed by atoms with Crippen LogP contribution in [0.3, 0.4) is 0 Å². The molecule has 19 heavy (non-hydrogen) atoms. The highest BCUT2D eigenvalue weighted by Crippen LogP contribution is 2.18. The topological polar surface area (TPSA) is 90.0 Å². The Balaban J connectivity index is 2.23. The third-order valence-electron chi connectivity index (χ3n) is 2.87. The summed E-state index contributed by atoms with van der Waals surface area (Å²) in [5, 5.41) is 3.98. The minimum atomic E-state index is -3.58. The lowest BCUT2D eigenvalue weighted by Crippen LogP contribution is -2.25. The van der Waals surface area contributed by atoms with E-state index < -0.39 is 10.0 Å². The molecule has 6 nitrogen and oxygen atoms in total. The minimum absolute atomic E-state index is 0.188. The molecule has 0 bridgehead atoms. The van der Waals surface area contributed by atoms with Gasteiger partial charge in [-0.05, 0) is 30.7 Å². The molecule has 0 unspecified atom stereocenters. The number of nitrogen functional groups attached to an aromatic ring is 1. The van der Waals surface area contributed by atoms with Crippen molar-refractivity contribution < 1.29 is 8.42 Å². The number of rotatable bonds is 4. The fraction of sp³-hybridized carbons (Fsp3) is 0.250. The van der Waals surface area contributed by atoms with Crippen LogP contribution in [0.15, 0.2) is 35.4 Å². The summed E-state index contributed by atoms with van der Waals surface area (Å²) in [6, 6.07) is 6.58. The number of anilines is 1. The molecule has 0 atom stereocenters. The van der Waals surface area contributed by atoms with Crippen LogP contribution in [0, 0.1) is 6.92 Å². The molecule has 1 aromatic carbocycles. The Morgan fingerprint density at radius 2 is 2.11 bits per heavy atom. The fourth-order valence-corrected chi connectivity index (χ4v) is 3.00. The quantitative estimate of drug-likeness (QED) is 0.810. The van der Waals surface area contributed by atoms with Crippen LogP contribution in [0.5, 0.6) is 0 Å². The van der Waals surface area contributed by atoms with Crippen LogP contribution in [0.1, 0.15) is 11.3 Å². The van der Waals surface area contributed by atoms with Gasteiger partial charge in [0.2, 0.25) is 10.0 Å². The van der Waals surface area contributed by atoms with Crippen molar-refractivity contribution in [1.29, 1.82) is 0 Å². The van der Waals surface area contributed by atoms with Crippen molar-refractivity contribution in [3.8, 4) is 0 Å². The second kappa shape index (κ2) is 5.02. The van der Waals surface area contributed by atoms with E-state index in [2.05, 4.69) is 9.82 Å². The van der Waals surface area contributed by atoms with Gasteiger partial charge in [0.05, 0.1) is 17.1 Å². The van der Waals surface area contributed by atoms with E-state index >= 15 is 0 Å². The van der Waals surface area contributed by atoms with Crippen molar-refractivity contribution in [1.82, 2.24) is 14.5 Å². The largest absolute Gasteiger partial charge is 0.399 e. The molecular weight excluding hydrogens is 264 g/mol. The number of nitrogens with one attached hydrogen (secondary N) is 1. The van der Waals surface area contributed by atoms with Gasteiger partial charge in [-0.2, -0.15) is 5.10 Å². The molecule has 0 amide bonds. The summed E-state index contributed by atoms with van der Waals surface area (Å²) in [5.74, 6) is 0. The number of nitrogens with zero attached hydrogens (tertiary/aromatic N) is 2. The van der Waals surface area contributed by atoms with E-state index in [4.69, 9.17) is 5.73 Å². The van der Waals surface area contributed by atoms with E-state index in [1.165, 1.54) is 6.07 Å². The number of hydrogen-bond donors (Lipinski definition) is 2. The molecular formula is C12H16N4O2S. The third-order valence-corrected chi connectivity index (χ3v) is 4.41. The molecule has 1 heterocycles. The molecule has 7 heteroatoms. The van der Waals surface area contributed by atoms with Crippen LogP contribution >= 0.6 is 0 Å². The van der Waals surface area contributed by atoms with Crippen LogP contribution in [0.2, 0.25) is 0 Å². The first-order valence-electron chi connectivity index (χ1n) is 5.73. The van der Waals surface area contributed by atoms with Crippen molar-refractivity contribution in [3.05, 3.63) is 41.7 Å². The first-order valence-corrected chi connectivity index (χ1v) is 7.21. The molecule has 0 saturated carbocycles. The molecule has 102 valence electrons. The maximum atomic E-state index is 12.2. The SMILES string of the molecule is Cc1ccc(N)cc1S(=O)(=O)NCc1ccnn1C. The molecule has 1 aromatic heterocycles. The minimum Gasteiger partial charge on any atom is -0.399 e. The molecule has 0 spiro atoms. The summed E-state index contributed by atoms with van der Waals surface area (Å²) in [7, 11) is -1.82. The smallest absolute Gasteiger partial charge is 0.241 e. The summed E-state index contributed by atoms with van der Waals surface area (Å²) in [4.78, 5) is 0.203. The van der Waals surface area contributed by atoms with Crippen molar-refractivity contribution >= 4 is 15.7 Å². The maximum absolute atomic E-state index is 12.2. The third kappa shape index (κ3) is 2.94. The van der Waals surface area contributed by atoms with Crippen molar-refractivity contribution in [2.75, 3.05) is 5.73 Å². The average Bonchev–Trinajstić information content (AvgIpc) is 2.75. The normalized spacial score (nSPS) is 11.7. The molecule has 0 aliphatic heterocycles. The molecule has 0 fully saturated rings. The van der Waals surface area contributed by atoms with Crippen LogP contribution in [0.4, 0.5) is 5.69 Å². The van der Waals surface area contributed by atoms with E-state index in [9.17, 15) is 8.42 Å². The predicted molar refractivity (Wildman–Crippen MR) is 72.8 cm³/mol. The van der Waals surface area contributed by atoms with E-state index in [-0.39, 0.29) is 11.4 Å². The second-order valence-electron chi connectivity index (χ2n) is 4.30. The van der Waals surface area contributed by atoms with Gasteiger partial charge in [-0.25, -0.2) is 13.1 Å². The summed E-state index contributed by atoms with van der Waals surface area (Å²) >= 11 is 0. The van der Waals surface area contributed by atoms with E-state index in [0.29, 0.717) is 11.3 Å². The second-order valence-corrected chi connectivity index (χ2v) is 6.03. The standard InChI is InChI=1S/C12H16N4O2S/c1-9-3-4-10(13)7-12(9)19(17,18)15-8-11-5-6-14-16(11)2/h3-7,15H,8,13H2,1-2H3. The summed E-state index contributed by atoms with van der Waals surface area (Å²) in [6.45, 7) is 1.92. The van der Waals surface area contributed by atoms with E-state index in [0.717, 1.165) is 5.69 Å². The number of aromatic nitrogens is 2. The van der Waals surface area contributed by atoms with Crippen molar-refractivity contribution in [3.63, 3.8) is 0 Å². The van der Waals surface area contributed by atoms with Gasteiger partial charge in [-0.1, -0.05) is 6.07 Å². The number of benzene rings is 1. The summed E-state index contributed by atoms with van der Waals surface area (Å²) < 4.78 is 28.6. The van der Waals surface area contributed by atoms with Crippen molar-refractivity contribution in [2.24, 2.45) is 7.05 Å². The fourth-order valence-electron chi connectivity index (χ4n) is 1.73. The molecule has 0 radical (unpaired) electrons. The average molecular weight is 280 g/mol. The Morgan fingerprint density at radius 1 is 1.37 bits per heavy atom. The zero-order valence-corrected chi connectivity index (χ0v) is 11.6. The zero-order valence-electron chi connectivity index (χ0n) is 10.8. The highest BCUT2D eigenvalue weighted by atomic mass is 32.2. The van der Waals surface area contributed by atoms with Crippen LogP contribution in [-0.2, 0) is 23.6 Å². The Kier molecular flexibility index (Phi) is 3.59. The molecule has 0 aliphatic rings. The molecule has 3 N–H and O–H groups in total. The zero-order chi connectivity index (χ0) is 14.0. The number of hydrogen-bond acceptors (Lipinski definition) is 4. The number of sulfonamides is 1. The Labute approximate surface area is 112 Å². The van der Waals surface area contributed by atoms with Gasteiger partial charge in [0.1, 0.15) is 0 Å². The van der Waals surface area contributed by atoms with Crippen LogP contribution < -0.4 is 10.5 Å². The highest BCUT2D eigenvalue weighted by Gasteiger charge is 2.17. The number of aryl methyl sites for hydroxylation is 2. The van der Waals surface area contributed by atoms with Crippen molar-refractivity contribution in [2.45, 2.75) is 18.4 Å². The van der Waals surface area contributed by atoms with E-state index in [1.54, 1.807) is 43.0 Å². The monoisotopic (exact) mass is 280 g/mol. The lowest BCUT2D eigenvalue weighted by atomic mass is 10.2. The Hall–Kier alpha value is -1.86. The lowest BCUT2D eigenvalue weighted by Gasteiger charge is -2.10. The maximum Gasteiger partial charge on any atom is 0.241 e. The highest BCUT2D eigenvalue weighted by molar-refractivity contribution is 7.89. The summed E-state index contributed by atoms with van der Waals surface area (Å²) in [6.07, 6.45) is 1.62.